The van der Waals surface area contributed by atoms with Crippen molar-refractivity contribution >= 4 is 23.9 Å². The molecule has 2 aromatic carbocycles. The van der Waals surface area contributed by atoms with Gasteiger partial charge in [-0.15, -0.1) is 0 Å². The van der Waals surface area contributed by atoms with Crippen molar-refractivity contribution < 1.29 is 0 Å². The summed E-state index contributed by atoms with van der Waals surface area (Å²) >= 11 is 0. The van der Waals surface area contributed by atoms with E-state index in [4.69, 9.17) is 0 Å². The molecule has 35 heavy (non-hydrogen) atoms. The van der Waals surface area contributed by atoms with Crippen LogP contribution < -0.4 is 5.46 Å². The Bertz CT molecular complexity index is 1230. The molecule has 0 aliphatic heterocycles. The van der Waals surface area contributed by atoms with Gasteiger partial charge in [0.1, 0.15) is 0 Å². The number of allylic oxidation sites excluding steroid dienone is 11. The van der Waals surface area contributed by atoms with Gasteiger partial charge in [0.15, 0.2) is 7.28 Å². The van der Waals surface area contributed by atoms with Crippen LogP contribution in [-0.4, -0.2) is 7.28 Å². The Morgan fingerprint density at radius 2 is 1.91 bits per heavy atom. The summed E-state index contributed by atoms with van der Waals surface area (Å²) in [6.45, 7) is 13.3. The number of benzene rings is 2. The van der Waals surface area contributed by atoms with Crippen LogP contribution in [0.15, 0.2) is 108 Å². The van der Waals surface area contributed by atoms with Crippen LogP contribution in [0.25, 0.3) is 11.1 Å². The smallest absolute Gasteiger partial charge is 0.0915 e. The van der Waals surface area contributed by atoms with Gasteiger partial charge in [-0.2, -0.15) is 0 Å². The highest BCUT2D eigenvalue weighted by molar-refractivity contribution is 6.54. The molecule has 177 valence electrons. The van der Waals surface area contributed by atoms with Gasteiger partial charge in [-0.05, 0) is 102 Å². The summed E-state index contributed by atoms with van der Waals surface area (Å²) in [6, 6.07) is 17.8. The maximum atomic E-state index is 4.41. The van der Waals surface area contributed by atoms with Crippen LogP contribution in [0, 0.1) is 5.92 Å². The highest BCUT2D eigenvalue weighted by Gasteiger charge is 2.17. The summed E-state index contributed by atoms with van der Waals surface area (Å²) in [5, 5.41) is 0. The molecule has 0 N–H and O–H groups in total. The molecule has 0 saturated carbocycles. The van der Waals surface area contributed by atoms with E-state index < -0.39 is 0 Å². The SMILES string of the molecule is C=C1C=C(C(C[B]c2ccc3c(c2)CCC3=CCC)=C(C)c2ccccc2)CC=CC(C)C=C1C. The van der Waals surface area contributed by atoms with Crippen molar-refractivity contribution in [2.75, 3.05) is 0 Å². The van der Waals surface area contributed by atoms with Gasteiger partial charge in [0, 0.05) is 0 Å². The van der Waals surface area contributed by atoms with E-state index in [1.54, 1.807) is 0 Å². The molecule has 2 aromatic rings. The van der Waals surface area contributed by atoms with Crippen molar-refractivity contribution in [2.45, 2.75) is 59.7 Å². The highest BCUT2D eigenvalue weighted by Crippen LogP contribution is 2.33. The van der Waals surface area contributed by atoms with E-state index in [9.17, 15) is 0 Å². The molecule has 0 bridgehead atoms. The van der Waals surface area contributed by atoms with E-state index in [0.717, 1.165) is 31.2 Å². The first kappa shape index (κ1) is 25.1. The minimum atomic E-state index is 0.423. The maximum Gasteiger partial charge on any atom is 0.156 e. The molecular formula is C34H38B. The second-order valence-corrected chi connectivity index (χ2v) is 9.97. The van der Waals surface area contributed by atoms with Gasteiger partial charge in [0.25, 0.3) is 0 Å². The number of fused-ring (bicyclic) bond motifs is 1. The summed E-state index contributed by atoms with van der Waals surface area (Å²) in [6.07, 6.45) is 16.9. The number of hydrogen-bond acceptors (Lipinski definition) is 0. The van der Waals surface area contributed by atoms with Crippen molar-refractivity contribution in [3.05, 3.63) is 124 Å². The summed E-state index contributed by atoms with van der Waals surface area (Å²) in [5.74, 6) is 0.423. The first-order valence-electron chi connectivity index (χ1n) is 13.1. The molecule has 4 rings (SSSR count). The largest absolute Gasteiger partial charge is 0.156 e. The fourth-order valence-electron chi connectivity index (χ4n) is 5.29. The molecule has 1 radical (unpaired) electrons. The molecule has 2 aliphatic carbocycles. The summed E-state index contributed by atoms with van der Waals surface area (Å²) in [7, 11) is 2.41. The van der Waals surface area contributed by atoms with E-state index in [2.05, 4.69) is 120 Å². The molecule has 0 aromatic heterocycles. The number of aryl methyl sites for hydroxylation is 1. The molecule has 1 heteroatoms. The van der Waals surface area contributed by atoms with Gasteiger partial charge in [0.2, 0.25) is 0 Å². The van der Waals surface area contributed by atoms with Crippen molar-refractivity contribution in [2.24, 2.45) is 5.92 Å². The normalized spacial score (nSPS) is 19.8. The van der Waals surface area contributed by atoms with Crippen molar-refractivity contribution in [1.82, 2.24) is 0 Å². The Kier molecular flexibility index (Phi) is 8.29. The number of rotatable bonds is 6. The van der Waals surface area contributed by atoms with Crippen LogP contribution in [-0.2, 0) is 6.42 Å². The average Bonchev–Trinajstić information content (AvgIpc) is 3.27. The van der Waals surface area contributed by atoms with Crippen molar-refractivity contribution in [1.29, 1.82) is 0 Å². The van der Waals surface area contributed by atoms with Crippen LogP contribution >= 0.6 is 0 Å². The Balaban J connectivity index is 1.68. The van der Waals surface area contributed by atoms with E-state index in [0.29, 0.717) is 5.92 Å². The number of hydrogen-bond donors (Lipinski definition) is 0. The van der Waals surface area contributed by atoms with Gasteiger partial charge in [0.05, 0.1) is 0 Å². The minimum Gasteiger partial charge on any atom is -0.0915 e. The second kappa shape index (κ2) is 11.6. The topological polar surface area (TPSA) is 0 Å². The average molecular weight is 457 g/mol. The maximum absolute atomic E-state index is 4.41. The Hall–Kier alpha value is -3.06. The van der Waals surface area contributed by atoms with E-state index in [1.807, 2.05) is 0 Å². The Morgan fingerprint density at radius 1 is 1.11 bits per heavy atom. The van der Waals surface area contributed by atoms with Crippen molar-refractivity contribution in [3.8, 4) is 0 Å². The monoisotopic (exact) mass is 457 g/mol. The molecule has 2 aliphatic rings. The van der Waals surface area contributed by atoms with Crippen LogP contribution in [0.4, 0.5) is 0 Å². The van der Waals surface area contributed by atoms with Gasteiger partial charge in [-0.1, -0.05) is 105 Å². The summed E-state index contributed by atoms with van der Waals surface area (Å²) in [4.78, 5) is 0. The van der Waals surface area contributed by atoms with Gasteiger partial charge in [-0.25, -0.2) is 0 Å². The van der Waals surface area contributed by atoms with E-state index >= 15 is 0 Å². The van der Waals surface area contributed by atoms with E-state index in [-0.39, 0.29) is 0 Å². The summed E-state index contributed by atoms with van der Waals surface area (Å²) in [5.41, 5.74) is 13.6. The van der Waals surface area contributed by atoms with Crippen LogP contribution in [0.1, 0.15) is 63.6 Å². The lowest BCUT2D eigenvalue weighted by molar-refractivity contribution is 0.923. The molecule has 0 spiro atoms. The fraction of sp³-hybridized carbons (Fsp3) is 0.294. The molecule has 1 unspecified atom stereocenters. The zero-order valence-corrected chi connectivity index (χ0v) is 21.9. The summed E-state index contributed by atoms with van der Waals surface area (Å²) < 4.78 is 0. The standard InChI is InChI=1S/C34H38B/c1-6-11-29-16-17-31-22-32(18-19-33(29)31)35-23-34(27(5)28-13-8-7-9-14-28)30-15-10-12-24(2)20-25(3)26(4)21-30/h7-14,18-22,24H,4,6,15-17,23H2,1-3,5H3. The fourth-order valence-corrected chi connectivity index (χ4v) is 5.29. The van der Waals surface area contributed by atoms with Crippen LogP contribution in [0.5, 0.6) is 0 Å². The van der Waals surface area contributed by atoms with Gasteiger partial charge < -0.3 is 0 Å². The highest BCUT2D eigenvalue weighted by atomic mass is 14.2. The van der Waals surface area contributed by atoms with Crippen LogP contribution in [0.3, 0.4) is 0 Å². The first-order valence-corrected chi connectivity index (χ1v) is 13.1. The van der Waals surface area contributed by atoms with Gasteiger partial charge in [-0.3, -0.25) is 0 Å². The Morgan fingerprint density at radius 3 is 2.69 bits per heavy atom. The zero-order valence-electron chi connectivity index (χ0n) is 21.9. The third-order valence-electron chi connectivity index (χ3n) is 7.32. The van der Waals surface area contributed by atoms with Crippen molar-refractivity contribution in [3.63, 3.8) is 0 Å². The molecule has 0 saturated heterocycles. The molecule has 0 heterocycles. The van der Waals surface area contributed by atoms with E-state index in [1.165, 1.54) is 56.4 Å². The first-order chi connectivity index (χ1) is 17.0. The molecule has 0 nitrogen and oxygen atoms in total. The molecular weight excluding hydrogens is 419 g/mol. The lowest BCUT2D eigenvalue weighted by atomic mass is 9.62. The molecule has 0 fully saturated rings. The predicted molar refractivity (Wildman–Crippen MR) is 156 cm³/mol. The second-order valence-electron chi connectivity index (χ2n) is 9.97. The molecule has 1 atom stereocenters. The minimum absolute atomic E-state index is 0.423. The van der Waals surface area contributed by atoms with Gasteiger partial charge >= 0.3 is 0 Å². The van der Waals surface area contributed by atoms with Crippen LogP contribution in [0.2, 0.25) is 6.32 Å². The lowest BCUT2D eigenvalue weighted by Crippen LogP contribution is -2.16. The zero-order chi connectivity index (χ0) is 24.8. The lowest BCUT2D eigenvalue weighted by Gasteiger charge is -2.17. The Labute approximate surface area is 213 Å². The molecule has 0 amide bonds. The predicted octanol–water partition coefficient (Wildman–Crippen LogP) is 8.67. The third-order valence-corrected chi connectivity index (χ3v) is 7.32. The quantitative estimate of drug-likeness (QED) is 0.301. The third kappa shape index (κ3) is 6.15.